The maximum absolute atomic E-state index is 14.2. The van der Waals surface area contributed by atoms with Gasteiger partial charge in [-0.1, -0.05) is 0 Å². The molecule has 228 valence electrons. The number of hydrogen-bond donors (Lipinski definition) is 1. The molecule has 4 aromatic rings. The number of morpholine rings is 1. The van der Waals surface area contributed by atoms with Gasteiger partial charge < -0.3 is 15.0 Å². The van der Waals surface area contributed by atoms with E-state index < -0.39 is 23.3 Å². The summed E-state index contributed by atoms with van der Waals surface area (Å²) in [4.78, 5) is 33.8. The highest BCUT2D eigenvalue weighted by Crippen LogP contribution is 2.37. The van der Waals surface area contributed by atoms with Crippen LogP contribution >= 0.6 is 0 Å². The van der Waals surface area contributed by atoms with Gasteiger partial charge >= 0.3 is 6.18 Å². The fourth-order valence-corrected chi connectivity index (χ4v) is 5.46. The lowest BCUT2D eigenvalue weighted by Gasteiger charge is -2.35. The lowest BCUT2D eigenvalue weighted by atomic mass is 9.98. The van der Waals surface area contributed by atoms with Gasteiger partial charge in [0.25, 0.3) is 11.5 Å². The third-order valence-electron chi connectivity index (χ3n) is 7.42. The Hall–Kier alpha value is -4.33. The van der Waals surface area contributed by atoms with Gasteiger partial charge in [-0.15, -0.1) is 10.2 Å². The van der Waals surface area contributed by atoms with Crippen molar-refractivity contribution in [3.05, 3.63) is 75.1 Å². The van der Waals surface area contributed by atoms with Gasteiger partial charge in [0.15, 0.2) is 5.82 Å². The molecule has 1 saturated heterocycles. The van der Waals surface area contributed by atoms with Crippen LogP contribution in [-0.2, 0) is 30.9 Å². The molecule has 1 fully saturated rings. The zero-order chi connectivity index (χ0) is 31.1. The lowest BCUT2D eigenvalue weighted by molar-refractivity contribution is -0.138. The topological polar surface area (TPSA) is 120 Å². The summed E-state index contributed by atoms with van der Waals surface area (Å²) in [5.41, 5.74) is -0.467. The Labute approximate surface area is 245 Å². The highest BCUT2D eigenvalue weighted by atomic mass is 19.4. The minimum Gasteiger partial charge on any atom is -0.379 e. The first-order chi connectivity index (χ1) is 20.3. The predicted molar refractivity (Wildman–Crippen MR) is 153 cm³/mol. The van der Waals surface area contributed by atoms with Crippen LogP contribution < -0.4 is 10.9 Å². The van der Waals surface area contributed by atoms with Gasteiger partial charge in [0.1, 0.15) is 5.82 Å². The molecule has 0 bridgehead atoms. The van der Waals surface area contributed by atoms with Gasteiger partial charge in [-0.3, -0.25) is 14.2 Å². The second-order valence-corrected chi connectivity index (χ2v) is 10.9. The molecule has 14 heteroatoms. The van der Waals surface area contributed by atoms with Gasteiger partial charge in [-0.05, 0) is 74.9 Å². The highest BCUT2D eigenvalue weighted by molar-refractivity contribution is 5.94. The minimum atomic E-state index is -4.68. The first-order valence-electron chi connectivity index (χ1n) is 14.0. The van der Waals surface area contributed by atoms with Crippen molar-refractivity contribution in [1.82, 2.24) is 34.7 Å². The number of rotatable bonds is 7. The number of carbonyl (C=O) groups is 1. The maximum atomic E-state index is 14.2. The quantitative estimate of drug-likeness (QED) is 0.340. The predicted octanol–water partition coefficient (Wildman–Crippen LogP) is 3.91. The number of benzene rings is 2. The number of aryl methyl sites for hydroxylation is 3. The Balaban J connectivity index is 1.41. The van der Waals surface area contributed by atoms with Crippen LogP contribution in [0.3, 0.4) is 0 Å². The molecular weight excluding hydrogens is 565 g/mol. The Bertz CT molecular complexity index is 1690. The number of hydrogen-bond acceptors (Lipinski definition) is 8. The van der Waals surface area contributed by atoms with Crippen molar-refractivity contribution in [2.24, 2.45) is 7.05 Å². The van der Waals surface area contributed by atoms with Crippen molar-refractivity contribution in [1.29, 1.82) is 0 Å². The molecule has 0 radical (unpaired) electrons. The Morgan fingerprint density at radius 2 is 1.81 bits per heavy atom. The number of aromatic nitrogens is 6. The fourth-order valence-electron chi connectivity index (χ4n) is 5.46. The Morgan fingerprint density at radius 3 is 2.42 bits per heavy atom. The summed E-state index contributed by atoms with van der Waals surface area (Å²) < 4.78 is 49.8. The number of nitrogens with zero attached hydrogens (tertiary/aromatic N) is 7. The number of ether oxygens (including phenoxy) is 1. The van der Waals surface area contributed by atoms with E-state index in [-0.39, 0.29) is 47.0 Å². The second-order valence-electron chi connectivity index (χ2n) is 10.9. The molecule has 3 heterocycles. The van der Waals surface area contributed by atoms with E-state index in [4.69, 9.17) is 4.74 Å². The van der Waals surface area contributed by atoms with Crippen LogP contribution in [0.4, 0.5) is 18.9 Å². The number of nitrogens with one attached hydrogen (secondary N) is 1. The Kier molecular flexibility index (Phi) is 8.23. The first kappa shape index (κ1) is 30.1. The van der Waals surface area contributed by atoms with Crippen molar-refractivity contribution in [2.45, 2.75) is 65.1 Å². The van der Waals surface area contributed by atoms with E-state index in [1.807, 2.05) is 13.8 Å². The normalized spacial score (nSPS) is 18.2. The second kappa shape index (κ2) is 11.7. The average Bonchev–Trinajstić information content (AvgIpc) is 3.36. The number of anilines is 1. The molecule has 1 aliphatic heterocycles. The summed E-state index contributed by atoms with van der Waals surface area (Å²) >= 11 is 0. The molecule has 0 saturated carbocycles. The molecule has 1 aliphatic rings. The number of halogens is 3. The van der Waals surface area contributed by atoms with Crippen LogP contribution in [-0.4, -0.2) is 65.9 Å². The highest BCUT2D eigenvalue weighted by Gasteiger charge is 2.36. The zero-order valence-corrected chi connectivity index (χ0v) is 24.5. The van der Waals surface area contributed by atoms with Gasteiger partial charge in [-0.25, -0.2) is 4.98 Å². The summed E-state index contributed by atoms with van der Waals surface area (Å²) in [6, 6.07) is 7.96. The molecule has 2 aromatic carbocycles. The van der Waals surface area contributed by atoms with Gasteiger partial charge in [0.05, 0.1) is 35.7 Å². The van der Waals surface area contributed by atoms with Crippen molar-refractivity contribution in [3.63, 3.8) is 0 Å². The van der Waals surface area contributed by atoms with Crippen molar-refractivity contribution >= 4 is 22.5 Å². The van der Waals surface area contributed by atoms with Crippen molar-refractivity contribution in [3.8, 4) is 0 Å². The molecule has 3 atom stereocenters. The van der Waals surface area contributed by atoms with Crippen LogP contribution in [0.15, 0.2) is 41.2 Å². The standard InChI is InChI=1S/C29H33F3N8O3/c1-16-14-39(15-17(2)43-16)27(41)20-6-8-21(9-7-20)33-18(3)22-12-23-25(13-24(22)29(30,31)32)34-19(4)40(28(23)42)11-10-26-35-37-38(5)36-26/h6-9,12-13,16-18,33H,10-11,14-15H2,1-5H3. The van der Waals surface area contributed by atoms with Crippen LogP contribution in [0.25, 0.3) is 10.9 Å². The van der Waals surface area contributed by atoms with E-state index in [9.17, 15) is 22.8 Å². The molecule has 1 N–H and O–H groups in total. The largest absolute Gasteiger partial charge is 0.416 e. The molecule has 0 spiro atoms. The van der Waals surface area contributed by atoms with Crippen LogP contribution in [0.2, 0.25) is 0 Å². The van der Waals surface area contributed by atoms with Crippen molar-refractivity contribution in [2.75, 3.05) is 18.4 Å². The fraction of sp³-hybridized carbons (Fsp3) is 0.448. The SMILES string of the molecule is Cc1nc2cc(C(F)(F)F)c(C(C)Nc3ccc(C(=O)N4CC(C)OC(C)C4)cc3)cc2c(=O)n1CCc1nnn(C)n1. The molecule has 2 aromatic heterocycles. The number of tetrazole rings is 1. The maximum Gasteiger partial charge on any atom is 0.416 e. The van der Waals surface area contributed by atoms with E-state index >= 15 is 0 Å². The summed E-state index contributed by atoms with van der Waals surface area (Å²) in [5.74, 6) is 0.579. The molecule has 3 unspecified atom stereocenters. The number of amides is 1. The van der Waals surface area contributed by atoms with E-state index in [0.29, 0.717) is 36.6 Å². The molecule has 5 rings (SSSR count). The molecular formula is C29H33F3N8O3. The molecule has 43 heavy (non-hydrogen) atoms. The average molecular weight is 599 g/mol. The molecule has 0 aliphatic carbocycles. The van der Waals surface area contributed by atoms with E-state index in [2.05, 4.69) is 25.7 Å². The summed E-state index contributed by atoms with van der Waals surface area (Å²) in [5, 5.41) is 15.0. The lowest BCUT2D eigenvalue weighted by Crippen LogP contribution is -2.48. The summed E-state index contributed by atoms with van der Waals surface area (Å²) in [6.07, 6.45) is -4.52. The van der Waals surface area contributed by atoms with Gasteiger partial charge in [0.2, 0.25) is 0 Å². The summed E-state index contributed by atoms with van der Waals surface area (Å²) in [6.45, 7) is 8.14. The van der Waals surface area contributed by atoms with Crippen LogP contribution in [0.1, 0.15) is 59.9 Å². The monoisotopic (exact) mass is 598 g/mol. The molecule has 1 amide bonds. The minimum absolute atomic E-state index is 0.0331. The molecule has 11 nitrogen and oxygen atoms in total. The van der Waals surface area contributed by atoms with Crippen LogP contribution in [0, 0.1) is 6.92 Å². The van der Waals surface area contributed by atoms with E-state index in [1.54, 1.807) is 50.1 Å². The van der Waals surface area contributed by atoms with Gasteiger partial charge in [0, 0.05) is 43.3 Å². The number of alkyl halides is 3. The Morgan fingerprint density at radius 1 is 1.14 bits per heavy atom. The number of fused-ring (bicyclic) bond motifs is 1. The third kappa shape index (κ3) is 6.53. The van der Waals surface area contributed by atoms with E-state index in [1.165, 1.54) is 15.4 Å². The van der Waals surface area contributed by atoms with E-state index in [0.717, 1.165) is 6.07 Å². The van der Waals surface area contributed by atoms with Crippen molar-refractivity contribution < 1.29 is 22.7 Å². The number of carbonyl (C=O) groups excluding carboxylic acids is 1. The van der Waals surface area contributed by atoms with Crippen LogP contribution in [0.5, 0.6) is 0 Å². The first-order valence-corrected chi connectivity index (χ1v) is 14.0. The van der Waals surface area contributed by atoms with Gasteiger partial charge in [-0.2, -0.15) is 18.0 Å². The third-order valence-corrected chi connectivity index (χ3v) is 7.42. The summed E-state index contributed by atoms with van der Waals surface area (Å²) in [7, 11) is 1.63. The smallest absolute Gasteiger partial charge is 0.379 e. The zero-order valence-electron chi connectivity index (χ0n) is 24.5.